The summed E-state index contributed by atoms with van der Waals surface area (Å²) in [5, 5.41) is 23.7. The van der Waals surface area contributed by atoms with E-state index < -0.39 is 10.9 Å². The number of amides is 1. The van der Waals surface area contributed by atoms with Gasteiger partial charge in [0, 0.05) is 6.07 Å². The predicted octanol–water partition coefficient (Wildman–Crippen LogP) is 5.95. The lowest BCUT2D eigenvalue weighted by molar-refractivity contribution is -0.387. The molecule has 1 aliphatic rings. The number of carbonyl (C=O) groups excluding carboxylic acids is 1. The summed E-state index contributed by atoms with van der Waals surface area (Å²) in [5.41, 5.74) is 1.88. The number of amidine groups is 1. The number of aromatic carboxylic acids is 1. The fourth-order valence-corrected chi connectivity index (χ4v) is 6.22. The highest BCUT2D eigenvalue weighted by Gasteiger charge is 2.25. The highest BCUT2D eigenvalue weighted by Crippen LogP contribution is 2.39. The van der Waals surface area contributed by atoms with Crippen molar-refractivity contribution in [3.05, 3.63) is 92.9 Å². The second-order valence-electron chi connectivity index (χ2n) is 7.37. The summed E-state index contributed by atoms with van der Waals surface area (Å²) in [4.78, 5) is 44.4. The van der Waals surface area contributed by atoms with Crippen LogP contribution in [0.5, 0.6) is 0 Å². The number of benzene rings is 3. The maximum Gasteiger partial charge on any atom is 0.335 e. The molecule has 4 aromatic rings. The molecule has 5 rings (SSSR count). The zero-order chi connectivity index (χ0) is 25.2. The lowest BCUT2D eigenvalue weighted by Gasteiger charge is -2.02. The first-order chi connectivity index (χ1) is 17.4. The third-order valence-corrected chi connectivity index (χ3v) is 8.02. The summed E-state index contributed by atoms with van der Waals surface area (Å²) < 4.78 is 1.71. The van der Waals surface area contributed by atoms with Gasteiger partial charge in [0.25, 0.3) is 11.6 Å². The van der Waals surface area contributed by atoms with Crippen LogP contribution in [0.2, 0.25) is 0 Å². The molecule has 0 saturated carbocycles. The van der Waals surface area contributed by atoms with Crippen LogP contribution in [0.15, 0.2) is 85.9 Å². The number of para-hydroxylation sites is 1. The molecule has 2 N–H and O–H groups in total. The van der Waals surface area contributed by atoms with Gasteiger partial charge in [-0.2, -0.15) is 0 Å². The number of thioether (sulfide) groups is 1. The molecule has 0 radical (unpaired) electrons. The van der Waals surface area contributed by atoms with Gasteiger partial charge in [-0.3, -0.25) is 14.9 Å². The Kier molecular flexibility index (Phi) is 6.55. The largest absolute Gasteiger partial charge is 0.478 e. The molecule has 1 aromatic heterocycles. The van der Waals surface area contributed by atoms with Crippen molar-refractivity contribution in [2.24, 2.45) is 4.99 Å². The highest BCUT2D eigenvalue weighted by molar-refractivity contribution is 8.18. The summed E-state index contributed by atoms with van der Waals surface area (Å²) >= 11 is 3.79. The average molecular weight is 535 g/mol. The second-order valence-corrected chi connectivity index (χ2v) is 10.7. The Morgan fingerprint density at radius 3 is 2.64 bits per heavy atom. The molecule has 0 spiro atoms. The number of nitro benzene ring substituents is 1. The molecule has 0 atom stereocenters. The van der Waals surface area contributed by atoms with E-state index in [0.29, 0.717) is 30.6 Å². The Hall–Kier alpha value is -4.00. The minimum Gasteiger partial charge on any atom is -0.478 e. The van der Waals surface area contributed by atoms with E-state index >= 15 is 0 Å². The standard InChI is InChI=1S/C24H14N4O5S3/c29-21-20(34-23(27-21)25-15-8-6-14(7-9-15)22(30)31)12-13-5-10-19(17(11-13)28(32)33)36-24-26-16-3-1-2-4-18(16)35-24/h1-12H,(H,30,31)(H,25,27,29)/b20-12-. The lowest BCUT2D eigenvalue weighted by atomic mass is 10.2. The van der Waals surface area contributed by atoms with E-state index in [2.05, 4.69) is 15.3 Å². The van der Waals surface area contributed by atoms with E-state index in [-0.39, 0.29) is 17.2 Å². The van der Waals surface area contributed by atoms with Crippen LogP contribution in [-0.2, 0) is 4.79 Å². The van der Waals surface area contributed by atoms with Crippen molar-refractivity contribution in [1.82, 2.24) is 10.3 Å². The van der Waals surface area contributed by atoms with Gasteiger partial charge in [-0.1, -0.05) is 30.0 Å². The second kappa shape index (κ2) is 9.93. The van der Waals surface area contributed by atoms with Crippen molar-refractivity contribution in [3.63, 3.8) is 0 Å². The number of aromatic nitrogens is 1. The molecule has 1 saturated heterocycles. The van der Waals surface area contributed by atoms with Gasteiger partial charge in [-0.15, -0.1) is 11.3 Å². The molecule has 0 unspecified atom stereocenters. The maximum atomic E-state index is 12.4. The number of hydrogen-bond donors (Lipinski definition) is 2. The number of rotatable bonds is 6. The fourth-order valence-electron chi connectivity index (χ4n) is 3.27. The minimum atomic E-state index is -1.04. The molecule has 0 aliphatic carbocycles. The number of carbonyl (C=O) groups is 2. The van der Waals surface area contributed by atoms with Crippen LogP contribution in [0, 0.1) is 10.1 Å². The van der Waals surface area contributed by atoms with Gasteiger partial charge in [-0.25, -0.2) is 14.8 Å². The van der Waals surface area contributed by atoms with Gasteiger partial charge in [0.05, 0.1) is 36.2 Å². The smallest absolute Gasteiger partial charge is 0.335 e. The summed E-state index contributed by atoms with van der Waals surface area (Å²) in [7, 11) is 0. The molecule has 1 fully saturated rings. The van der Waals surface area contributed by atoms with Crippen molar-refractivity contribution >= 4 is 79.6 Å². The van der Waals surface area contributed by atoms with Crippen molar-refractivity contribution < 1.29 is 19.6 Å². The van der Waals surface area contributed by atoms with Crippen LogP contribution in [0.4, 0.5) is 11.4 Å². The summed E-state index contributed by atoms with van der Waals surface area (Å²) in [5.74, 6) is -1.42. The van der Waals surface area contributed by atoms with E-state index in [1.807, 2.05) is 24.3 Å². The van der Waals surface area contributed by atoms with E-state index in [1.54, 1.807) is 18.2 Å². The molecular formula is C24H14N4O5S3. The fraction of sp³-hybridized carbons (Fsp3) is 0. The average Bonchev–Trinajstić information content (AvgIpc) is 3.42. The topological polar surface area (TPSA) is 135 Å². The zero-order valence-electron chi connectivity index (χ0n) is 18.1. The predicted molar refractivity (Wildman–Crippen MR) is 141 cm³/mol. The van der Waals surface area contributed by atoms with Gasteiger partial charge < -0.3 is 10.4 Å². The Balaban J connectivity index is 1.37. The Labute approximate surface area is 216 Å². The molecule has 178 valence electrons. The third-order valence-electron chi connectivity index (χ3n) is 4.94. The summed E-state index contributed by atoms with van der Waals surface area (Å²) in [6, 6.07) is 18.4. The molecule has 2 heterocycles. The summed E-state index contributed by atoms with van der Waals surface area (Å²) in [6.07, 6.45) is 1.56. The van der Waals surface area contributed by atoms with Crippen LogP contribution in [0.3, 0.4) is 0 Å². The number of nitrogens with zero attached hydrogens (tertiary/aromatic N) is 3. The number of aliphatic imine (C=N–C) groups is 1. The first kappa shape index (κ1) is 23.7. The first-order valence-corrected chi connectivity index (χ1v) is 12.8. The maximum absolute atomic E-state index is 12.4. The van der Waals surface area contributed by atoms with Gasteiger partial charge in [-0.05, 0) is 65.9 Å². The molecule has 1 amide bonds. The van der Waals surface area contributed by atoms with E-state index in [9.17, 15) is 19.7 Å². The third kappa shape index (κ3) is 5.15. The van der Waals surface area contributed by atoms with Crippen molar-refractivity contribution in [1.29, 1.82) is 0 Å². The van der Waals surface area contributed by atoms with Crippen LogP contribution >= 0.6 is 34.9 Å². The van der Waals surface area contributed by atoms with E-state index in [4.69, 9.17) is 5.11 Å². The molecule has 0 bridgehead atoms. The highest BCUT2D eigenvalue weighted by atomic mass is 32.2. The molecule has 3 aromatic carbocycles. The number of carboxylic acid groups (broad SMARTS) is 1. The Bertz CT molecular complexity index is 1560. The molecular weight excluding hydrogens is 520 g/mol. The van der Waals surface area contributed by atoms with Gasteiger partial charge >= 0.3 is 5.97 Å². The van der Waals surface area contributed by atoms with Gasteiger partial charge in [0.15, 0.2) is 9.51 Å². The van der Waals surface area contributed by atoms with Crippen LogP contribution in [-0.4, -0.2) is 32.1 Å². The molecule has 9 nitrogen and oxygen atoms in total. The van der Waals surface area contributed by atoms with Crippen molar-refractivity contribution in [3.8, 4) is 0 Å². The van der Waals surface area contributed by atoms with Crippen molar-refractivity contribution in [2.45, 2.75) is 9.24 Å². The Morgan fingerprint density at radius 2 is 1.92 bits per heavy atom. The molecule has 1 aliphatic heterocycles. The molecule has 36 heavy (non-hydrogen) atoms. The SMILES string of the molecule is O=C1NC(=Nc2ccc(C(=O)O)cc2)S/C1=C\c1ccc(Sc2nc3ccccc3s2)c([N+](=O)[O-])c1. The number of nitrogens with one attached hydrogen (secondary N) is 1. The van der Waals surface area contributed by atoms with Gasteiger partial charge in [0.1, 0.15) is 0 Å². The van der Waals surface area contributed by atoms with Gasteiger partial charge in [0.2, 0.25) is 0 Å². The quantitative estimate of drug-likeness (QED) is 0.176. The molecule has 12 heteroatoms. The monoisotopic (exact) mass is 534 g/mol. The number of nitro groups is 1. The van der Waals surface area contributed by atoms with Crippen LogP contribution in [0.25, 0.3) is 16.3 Å². The Morgan fingerprint density at radius 1 is 1.14 bits per heavy atom. The van der Waals surface area contributed by atoms with Crippen LogP contribution < -0.4 is 5.32 Å². The number of carboxylic acids is 1. The zero-order valence-corrected chi connectivity index (χ0v) is 20.5. The first-order valence-electron chi connectivity index (χ1n) is 10.3. The normalized spacial score (nSPS) is 15.5. The number of hydrogen-bond acceptors (Lipinski definition) is 9. The summed E-state index contributed by atoms with van der Waals surface area (Å²) in [6.45, 7) is 0. The van der Waals surface area contributed by atoms with E-state index in [0.717, 1.165) is 22.0 Å². The number of fused-ring (bicyclic) bond motifs is 1. The van der Waals surface area contributed by atoms with Crippen LogP contribution in [0.1, 0.15) is 15.9 Å². The minimum absolute atomic E-state index is 0.0792. The van der Waals surface area contributed by atoms with E-state index in [1.165, 1.54) is 53.4 Å². The van der Waals surface area contributed by atoms with Crippen molar-refractivity contribution in [2.75, 3.05) is 0 Å². The lowest BCUT2D eigenvalue weighted by Crippen LogP contribution is -2.19. The number of thiazole rings is 1.